The lowest BCUT2D eigenvalue weighted by Crippen LogP contribution is -2.32. The Balaban J connectivity index is 1.91. The minimum Gasteiger partial charge on any atom is -0.352 e. The van der Waals surface area contributed by atoms with Gasteiger partial charge in [-0.15, -0.1) is 16.8 Å². The van der Waals surface area contributed by atoms with Gasteiger partial charge in [-0.05, 0) is 45.2 Å². The maximum atomic E-state index is 12.3. The number of rotatable bonds is 7. The molecule has 2 aromatic rings. The minimum absolute atomic E-state index is 0.0297. The largest absolute Gasteiger partial charge is 0.352 e. The number of benzene rings is 1. The molecule has 0 aliphatic carbocycles. The predicted molar refractivity (Wildman–Crippen MR) is 111 cm³/mol. The van der Waals surface area contributed by atoms with E-state index in [-0.39, 0.29) is 11.2 Å². The average Bonchev–Trinajstić information content (AvgIpc) is 3.10. The van der Waals surface area contributed by atoms with E-state index in [1.165, 1.54) is 36.6 Å². The second-order valence-corrected chi connectivity index (χ2v) is 8.10. The molecule has 144 valence electrons. The number of amides is 1. The molecular weight excluding hydrogens is 358 g/mol. The molecule has 1 aliphatic rings. The van der Waals surface area contributed by atoms with Crippen LogP contribution in [-0.4, -0.2) is 45.6 Å². The van der Waals surface area contributed by atoms with Crippen molar-refractivity contribution in [2.24, 2.45) is 0 Å². The Labute approximate surface area is 165 Å². The Kier molecular flexibility index (Phi) is 6.55. The van der Waals surface area contributed by atoms with Crippen molar-refractivity contribution in [3.63, 3.8) is 0 Å². The van der Waals surface area contributed by atoms with Crippen LogP contribution in [0.1, 0.15) is 31.7 Å². The topological polar surface area (TPSA) is 63.1 Å². The van der Waals surface area contributed by atoms with Gasteiger partial charge >= 0.3 is 0 Å². The molecule has 2 heterocycles. The van der Waals surface area contributed by atoms with Crippen molar-refractivity contribution >= 4 is 23.6 Å². The predicted octanol–water partition coefficient (Wildman–Crippen LogP) is 3.35. The van der Waals surface area contributed by atoms with Gasteiger partial charge in [-0.3, -0.25) is 9.36 Å². The third-order valence-electron chi connectivity index (χ3n) is 4.62. The maximum absolute atomic E-state index is 12.3. The lowest BCUT2D eigenvalue weighted by atomic mass is 10.1. The van der Waals surface area contributed by atoms with E-state index in [0.717, 1.165) is 29.9 Å². The lowest BCUT2D eigenvalue weighted by Gasteiger charge is -2.28. The Morgan fingerprint density at radius 1 is 1.26 bits per heavy atom. The third kappa shape index (κ3) is 4.71. The van der Waals surface area contributed by atoms with Crippen LogP contribution in [-0.2, 0) is 4.79 Å². The summed E-state index contributed by atoms with van der Waals surface area (Å²) in [4.78, 5) is 14.6. The van der Waals surface area contributed by atoms with Gasteiger partial charge in [-0.2, -0.15) is 0 Å². The Morgan fingerprint density at radius 3 is 2.63 bits per heavy atom. The van der Waals surface area contributed by atoms with Crippen LogP contribution in [0.4, 0.5) is 5.95 Å². The maximum Gasteiger partial charge on any atom is 0.233 e. The molecule has 0 saturated carbocycles. The number of aromatic nitrogens is 3. The molecule has 27 heavy (non-hydrogen) atoms. The van der Waals surface area contributed by atoms with Crippen molar-refractivity contribution < 1.29 is 4.79 Å². The quantitative estimate of drug-likeness (QED) is 0.585. The lowest BCUT2D eigenvalue weighted by molar-refractivity contribution is -0.120. The summed E-state index contributed by atoms with van der Waals surface area (Å²) in [5, 5.41) is 12.2. The van der Waals surface area contributed by atoms with Crippen LogP contribution in [0.5, 0.6) is 0 Å². The van der Waals surface area contributed by atoms with Gasteiger partial charge in [0.1, 0.15) is 0 Å². The smallest absolute Gasteiger partial charge is 0.233 e. The standard InChI is InChI=1S/C20H27N5OS/c1-4-12-21-18(26)16(3)27-20-23-22-19(24-13-6-5-7-14-24)25(20)17-10-8-15(2)9-11-17/h4,8-11,16H,1,5-7,12-14H2,2-3H3,(H,21,26). The zero-order valence-electron chi connectivity index (χ0n) is 16.0. The first-order valence-electron chi connectivity index (χ1n) is 9.43. The van der Waals surface area contributed by atoms with Crippen molar-refractivity contribution in [2.75, 3.05) is 24.5 Å². The van der Waals surface area contributed by atoms with Crippen LogP contribution in [0.15, 0.2) is 42.1 Å². The van der Waals surface area contributed by atoms with Crippen molar-refractivity contribution in [3.8, 4) is 5.69 Å². The molecule has 1 amide bonds. The van der Waals surface area contributed by atoms with E-state index >= 15 is 0 Å². The molecule has 1 atom stereocenters. The third-order valence-corrected chi connectivity index (χ3v) is 5.66. The average molecular weight is 386 g/mol. The van der Waals surface area contributed by atoms with Crippen LogP contribution < -0.4 is 10.2 Å². The second-order valence-electron chi connectivity index (χ2n) is 6.80. The molecule has 1 saturated heterocycles. The van der Waals surface area contributed by atoms with Crippen LogP contribution in [0.25, 0.3) is 5.69 Å². The van der Waals surface area contributed by atoms with E-state index in [9.17, 15) is 4.79 Å². The molecule has 0 radical (unpaired) electrons. The van der Waals surface area contributed by atoms with E-state index < -0.39 is 0 Å². The first-order valence-corrected chi connectivity index (χ1v) is 10.3. The number of carbonyl (C=O) groups excluding carboxylic acids is 1. The van der Waals surface area contributed by atoms with Gasteiger partial charge < -0.3 is 10.2 Å². The van der Waals surface area contributed by atoms with E-state index in [1.54, 1.807) is 6.08 Å². The molecular formula is C20H27N5OS. The molecule has 1 fully saturated rings. The molecule has 3 rings (SSSR count). The number of aryl methyl sites for hydroxylation is 1. The Hall–Kier alpha value is -2.28. The van der Waals surface area contributed by atoms with E-state index in [0.29, 0.717) is 6.54 Å². The number of carbonyl (C=O) groups is 1. The summed E-state index contributed by atoms with van der Waals surface area (Å²) >= 11 is 1.43. The first-order chi connectivity index (χ1) is 13.1. The molecule has 0 bridgehead atoms. The Bertz CT molecular complexity index is 780. The summed E-state index contributed by atoms with van der Waals surface area (Å²) in [7, 11) is 0. The number of hydrogen-bond donors (Lipinski definition) is 1. The van der Waals surface area contributed by atoms with Gasteiger partial charge in [-0.1, -0.05) is 35.5 Å². The van der Waals surface area contributed by atoms with Gasteiger partial charge in [0.2, 0.25) is 11.9 Å². The van der Waals surface area contributed by atoms with Crippen molar-refractivity contribution in [1.29, 1.82) is 0 Å². The fourth-order valence-electron chi connectivity index (χ4n) is 3.09. The summed E-state index contributed by atoms with van der Waals surface area (Å²) in [6, 6.07) is 8.34. The summed E-state index contributed by atoms with van der Waals surface area (Å²) in [5.41, 5.74) is 2.23. The Morgan fingerprint density at radius 2 is 1.96 bits per heavy atom. The molecule has 6 nitrogen and oxygen atoms in total. The summed E-state index contributed by atoms with van der Waals surface area (Å²) < 4.78 is 2.08. The van der Waals surface area contributed by atoms with Crippen molar-refractivity contribution in [2.45, 2.75) is 43.5 Å². The highest BCUT2D eigenvalue weighted by Crippen LogP contribution is 2.30. The fourth-order valence-corrected chi connectivity index (χ4v) is 3.97. The molecule has 1 aromatic heterocycles. The molecule has 1 aromatic carbocycles. The number of nitrogens with one attached hydrogen (secondary N) is 1. The van der Waals surface area contributed by atoms with Crippen LogP contribution in [0.2, 0.25) is 0 Å². The van der Waals surface area contributed by atoms with Gasteiger partial charge in [0.25, 0.3) is 0 Å². The highest BCUT2D eigenvalue weighted by atomic mass is 32.2. The highest BCUT2D eigenvalue weighted by Gasteiger charge is 2.24. The summed E-state index contributed by atoms with van der Waals surface area (Å²) in [6.07, 6.45) is 5.28. The van der Waals surface area contributed by atoms with Crippen molar-refractivity contribution in [3.05, 3.63) is 42.5 Å². The fraction of sp³-hybridized carbons (Fsp3) is 0.450. The van der Waals surface area contributed by atoms with Gasteiger partial charge in [0, 0.05) is 19.6 Å². The van der Waals surface area contributed by atoms with Crippen LogP contribution in [0.3, 0.4) is 0 Å². The highest BCUT2D eigenvalue weighted by molar-refractivity contribution is 8.00. The van der Waals surface area contributed by atoms with E-state index in [2.05, 4.69) is 62.7 Å². The molecule has 7 heteroatoms. The summed E-state index contributed by atoms with van der Waals surface area (Å²) in [6.45, 7) is 10.0. The molecule has 1 aliphatic heterocycles. The second kappa shape index (κ2) is 9.08. The number of thioether (sulfide) groups is 1. The first kappa shape index (κ1) is 19.5. The molecule has 0 spiro atoms. The number of piperidine rings is 1. The van der Waals surface area contributed by atoms with Gasteiger partial charge in [0.15, 0.2) is 5.16 Å². The minimum atomic E-state index is -0.271. The van der Waals surface area contributed by atoms with Crippen LogP contribution in [0, 0.1) is 6.92 Å². The molecule has 1 unspecified atom stereocenters. The van der Waals surface area contributed by atoms with Crippen molar-refractivity contribution in [1.82, 2.24) is 20.1 Å². The monoisotopic (exact) mass is 385 g/mol. The summed E-state index contributed by atoms with van der Waals surface area (Å²) in [5.74, 6) is 0.831. The normalized spacial score (nSPS) is 15.4. The number of hydrogen-bond acceptors (Lipinski definition) is 5. The molecule has 1 N–H and O–H groups in total. The SMILES string of the molecule is C=CCNC(=O)C(C)Sc1nnc(N2CCCCC2)n1-c1ccc(C)cc1. The van der Waals surface area contributed by atoms with Gasteiger partial charge in [-0.25, -0.2) is 0 Å². The van der Waals surface area contributed by atoms with E-state index in [1.807, 2.05) is 6.92 Å². The van der Waals surface area contributed by atoms with Crippen LogP contribution >= 0.6 is 11.8 Å². The zero-order chi connectivity index (χ0) is 19.2. The number of nitrogens with zero attached hydrogens (tertiary/aromatic N) is 4. The van der Waals surface area contributed by atoms with Gasteiger partial charge in [0.05, 0.1) is 10.9 Å². The number of anilines is 1. The van der Waals surface area contributed by atoms with E-state index in [4.69, 9.17) is 0 Å². The zero-order valence-corrected chi connectivity index (χ0v) is 16.8.